The SMILES string of the molecule is Cc1ccc(Cc2nc(N(C)C)ncc2Cc2ccc(OC(C)C)cc2)cc1. The third-order valence-corrected chi connectivity index (χ3v) is 4.52. The Morgan fingerprint density at radius 3 is 2.11 bits per heavy atom. The van der Waals surface area contributed by atoms with E-state index < -0.39 is 0 Å². The van der Waals surface area contributed by atoms with E-state index >= 15 is 0 Å². The smallest absolute Gasteiger partial charge is 0.225 e. The Morgan fingerprint density at radius 2 is 1.50 bits per heavy atom. The first-order chi connectivity index (χ1) is 13.4. The van der Waals surface area contributed by atoms with Crippen molar-refractivity contribution in [2.75, 3.05) is 19.0 Å². The number of hydrogen-bond donors (Lipinski definition) is 0. The number of benzene rings is 2. The lowest BCUT2D eigenvalue weighted by atomic mass is 10.00. The maximum Gasteiger partial charge on any atom is 0.225 e. The van der Waals surface area contributed by atoms with Gasteiger partial charge in [0.2, 0.25) is 5.95 Å². The predicted molar refractivity (Wildman–Crippen MR) is 115 cm³/mol. The fourth-order valence-corrected chi connectivity index (χ4v) is 3.02. The Hall–Kier alpha value is -2.88. The van der Waals surface area contributed by atoms with Crippen molar-refractivity contribution >= 4 is 5.95 Å². The van der Waals surface area contributed by atoms with Gasteiger partial charge in [-0.25, -0.2) is 9.97 Å². The lowest BCUT2D eigenvalue weighted by Gasteiger charge is -2.15. The van der Waals surface area contributed by atoms with Gasteiger partial charge in [-0.05, 0) is 49.6 Å². The van der Waals surface area contributed by atoms with E-state index in [-0.39, 0.29) is 6.10 Å². The van der Waals surface area contributed by atoms with E-state index in [0.717, 1.165) is 35.8 Å². The first-order valence-corrected chi connectivity index (χ1v) is 9.74. The molecule has 3 rings (SSSR count). The van der Waals surface area contributed by atoms with Gasteiger partial charge in [0, 0.05) is 33.1 Å². The van der Waals surface area contributed by atoms with Crippen LogP contribution in [0.5, 0.6) is 5.75 Å². The topological polar surface area (TPSA) is 38.2 Å². The first-order valence-electron chi connectivity index (χ1n) is 9.74. The van der Waals surface area contributed by atoms with Crippen molar-refractivity contribution in [2.45, 2.75) is 39.7 Å². The minimum Gasteiger partial charge on any atom is -0.491 e. The number of ether oxygens (including phenoxy) is 1. The molecule has 4 nitrogen and oxygen atoms in total. The van der Waals surface area contributed by atoms with Crippen LogP contribution in [0, 0.1) is 6.92 Å². The molecule has 0 saturated heterocycles. The minimum absolute atomic E-state index is 0.180. The zero-order valence-corrected chi connectivity index (χ0v) is 17.4. The lowest BCUT2D eigenvalue weighted by molar-refractivity contribution is 0.242. The van der Waals surface area contributed by atoms with Gasteiger partial charge in [-0.15, -0.1) is 0 Å². The van der Waals surface area contributed by atoms with Crippen LogP contribution in [0.2, 0.25) is 0 Å². The molecular formula is C24H29N3O. The van der Waals surface area contributed by atoms with E-state index in [2.05, 4.69) is 48.3 Å². The number of anilines is 1. The molecule has 0 bridgehead atoms. The summed E-state index contributed by atoms with van der Waals surface area (Å²) in [5.74, 6) is 1.64. The van der Waals surface area contributed by atoms with Crippen molar-refractivity contribution in [1.29, 1.82) is 0 Å². The highest BCUT2D eigenvalue weighted by Crippen LogP contribution is 2.21. The molecule has 0 amide bonds. The summed E-state index contributed by atoms with van der Waals surface area (Å²) >= 11 is 0. The number of hydrogen-bond acceptors (Lipinski definition) is 4. The van der Waals surface area contributed by atoms with Crippen molar-refractivity contribution in [1.82, 2.24) is 9.97 Å². The molecule has 0 aliphatic rings. The summed E-state index contributed by atoms with van der Waals surface area (Å²) < 4.78 is 5.74. The van der Waals surface area contributed by atoms with Crippen LogP contribution in [0.25, 0.3) is 0 Å². The van der Waals surface area contributed by atoms with Crippen molar-refractivity contribution in [2.24, 2.45) is 0 Å². The molecule has 0 atom stereocenters. The second-order valence-corrected chi connectivity index (χ2v) is 7.69. The van der Waals surface area contributed by atoms with Crippen LogP contribution in [-0.4, -0.2) is 30.2 Å². The second kappa shape index (κ2) is 8.87. The Morgan fingerprint density at radius 1 is 0.893 bits per heavy atom. The molecule has 0 N–H and O–H groups in total. The van der Waals surface area contributed by atoms with Crippen LogP contribution in [0.1, 0.15) is 41.8 Å². The van der Waals surface area contributed by atoms with Crippen molar-refractivity contribution in [3.05, 3.63) is 82.7 Å². The molecule has 3 aromatic rings. The highest BCUT2D eigenvalue weighted by atomic mass is 16.5. The fraction of sp³-hybridized carbons (Fsp3) is 0.333. The van der Waals surface area contributed by atoms with Crippen molar-refractivity contribution < 1.29 is 4.74 Å². The van der Waals surface area contributed by atoms with Crippen LogP contribution in [0.4, 0.5) is 5.95 Å². The summed E-state index contributed by atoms with van der Waals surface area (Å²) in [6.07, 6.45) is 3.74. The Labute approximate surface area is 168 Å². The average Bonchev–Trinajstić information content (AvgIpc) is 2.66. The maximum atomic E-state index is 5.74. The highest BCUT2D eigenvalue weighted by Gasteiger charge is 2.11. The standard InChI is InChI=1S/C24H29N3O/c1-17(2)28-22-12-10-19(11-13-22)14-21-16-25-24(27(4)5)26-23(21)15-20-8-6-18(3)7-9-20/h6-13,16-17H,14-15H2,1-5H3. The van der Waals surface area contributed by atoms with E-state index in [1.807, 2.05) is 51.2 Å². The molecule has 0 spiro atoms. The summed E-state index contributed by atoms with van der Waals surface area (Å²) in [5, 5.41) is 0. The third kappa shape index (κ3) is 5.32. The summed E-state index contributed by atoms with van der Waals surface area (Å²) in [6, 6.07) is 16.9. The van der Waals surface area contributed by atoms with Crippen LogP contribution in [0.15, 0.2) is 54.7 Å². The fourth-order valence-electron chi connectivity index (χ4n) is 3.02. The molecule has 0 aliphatic heterocycles. The molecule has 4 heteroatoms. The van der Waals surface area contributed by atoms with E-state index in [1.54, 1.807) is 0 Å². The number of nitrogens with zero attached hydrogens (tertiary/aromatic N) is 3. The normalized spacial score (nSPS) is 10.9. The van der Waals surface area contributed by atoms with Crippen LogP contribution >= 0.6 is 0 Å². The van der Waals surface area contributed by atoms with Gasteiger partial charge < -0.3 is 9.64 Å². The number of aryl methyl sites for hydroxylation is 1. The second-order valence-electron chi connectivity index (χ2n) is 7.69. The Bertz CT molecular complexity index is 900. The zero-order chi connectivity index (χ0) is 20.1. The van der Waals surface area contributed by atoms with Gasteiger partial charge in [0.05, 0.1) is 11.8 Å². The summed E-state index contributed by atoms with van der Waals surface area (Å²) in [6.45, 7) is 6.18. The molecule has 1 aromatic heterocycles. The largest absolute Gasteiger partial charge is 0.491 e. The summed E-state index contributed by atoms with van der Waals surface area (Å²) in [5.41, 5.74) is 5.98. The molecule has 0 radical (unpaired) electrons. The molecule has 1 heterocycles. The van der Waals surface area contributed by atoms with Gasteiger partial charge in [-0.3, -0.25) is 0 Å². The van der Waals surface area contributed by atoms with Gasteiger partial charge >= 0.3 is 0 Å². The highest BCUT2D eigenvalue weighted by molar-refractivity contribution is 5.38. The monoisotopic (exact) mass is 375 g/mol. The van der Waals surface area contributed by atoms with Gasteiger partial charge in [-0.1, -0.05) is 42.0 Å². The average molecular weight is 376 g/mol. The Balaban J connectivity index is 1.85. The molecule has 28 heavy (non-hydrogen) atoms. The predicted octanol–water partition coefficient (Wildman–Crippen LogP) is 4.82. The third-order valence-electron chi connectivity index (χ3n) is 4.52. The molecule has 2 aromatic carbocycles. The molecule has 146 valence electrons. The van der Waals surface area contributed by atoms with E-state index in [1.165, 1.54) is 16.7 Å². The molecule has 0 saturated carbocycles. The quantitative estimate of drug-likeness (QED) is 0.593. The van der Waals surface area contributed by atoms with Gasteiger partial charge in [0.1, 0.15) is 5.75 Å². The number of rotatable bonds is 7. The molecule has 0 aliphatic carbocycles. The molecular weight excluding hydrogens is 346 g/mol. The van der Waals surface area contributed by atoms with Gasteiger partial charge in [0.25, 0.3) is 0 Å². The van der Waals surface area contributed by atoms with Crippen LogP contribution < -0.4 is 9.64 Å². The van der Waals surface area contributed by atoms with Gasteiger partial charge in [-0.2, -0.15) is 0 Å². The summed E-state index contributed by atoms with van der Waals surface area (Å²) in [4.78, 5) is 11.3. The van der Waals surface area contributed by atoms with Crippen molar-refractivity contribution in [3.63, 3.8) is 0 Å². The molecule has 0 fully saturated rings. The van der Waals surface area contributed by atoms with Gasteiger partial charge in [0.15, 0.2) is 0 Å². The van der Waals surface area contributed by atoms with Crippen molar-refractivity contribution in [3.8, 4) is 5.75 Å². The van der Waals surface area contributed by atoms with Crippen LogP contribution in [-0.2, 0) is 12.8 Å². The lowest BCUT2D eigenvalue weighted by Crippen LogP contribution is -2.15. The first kappa shape index (κ1) is 19.9. The number of aromatic nitrogens is 2. The maximum absolute atomic E-state index is 5.74. The van der Waals surface area contributed by atoms with E-state index in [0.29, 0.717) is 0 Å². The minimum atomic E-state index is 0.180. The van der Waals surface area contributed by atoms with E-state index in [9.17, 15) is 0 Å². The van der Waals surface area contributed by atoms with E-state index in [4.69, 9.17) is 9.72 Å². The van der Waals surface area contributed by atoms with Crippen LogP contribution in [0.3, 0.4) is 0 Å². The Kier molecular flexibility index (Phi) is 6.30. The molecule has 0 unspecified atom stereocenters. The summed E-state index contributed by atoms with van der Waals surface area (Å²) in [7, 11) is 3.94. The zero-order valence-electron chi connectivity index (χ0n) is 17.4.